The Labute approximate surface area is 288 Å². The summed E-state index contributed by atoms with van der Waals surface area (Å²) in [6.45, 7) is 6.10. The molecule has 0 heterocycles. The van der Waals surface area contributed by atoms with Crippen molar-refractivity contribution in [2.24, 2.45) is 28.1 Å². The van der Waals surface area contributed by atoms with E-state index in [2.05, 4.69) is 31.6 Å². The fraction of sp³-hybridized carbons (Fsp3) is 0.606. The lowest BCUT2D eigenvalue weighted by molar-refractivity contribution is -0.136. The van der Waals surface area contributed by atoms with Crippen LogP contribution >= 0.6 is 0 Å². The number of Topliss-reactive ketones (excluding diaryl/α,β-unsaturated/α-hetero) is 1. The second-order valence-corrected chi connectivity index (χ2v) is 12.1. The van der Waals surface area contributed by atoms with Gasteiger partial charge in [-0.05, 0) is 56.6 Å². The Morgan fingerprint density at radius 1 is 0.755 bits per heavy atom. The van der Waals surface area contributed by atoms with Crippen LogP contribution in [0.25, 0.3) is 0 Å². The van der Waals surface area contributed by atoms with Gasteiger partial charge in [-0.15, -0.1) is 0 Å². The fourth-order valence-electron chi connectivity index (χ4n) is 4.91. The van der Waals surface area contributed by atoms with Crippen LogP contribution in [0.4, 0.5) is 0 Å². The third-order valence-electron chi connectivity index (χ3n) is 7.62. The molecule has 5 amide bonds. The van der Waals surface area contributed by atoms with Gasteiger partial charge in [-0.1, -0.05) is 51.1 Å². The number of amides is 5. The van der Waals surface area contributed by atoms with Gasteiger partial charge in [0.2, 0.25) is 29.5 Å². The third-order valence-corrected chi connectivity index (χ3v) is 7.62. The Kier molecular flexibility index (Phi) is 19.8. The molecule has 49 heavy (non-hydrogen) atoms. The number of benzene rings is 1. The molecule has 0 saturated heterocycles. The number of rotatable bonds is 23. The number of aliphatic hydroxyl groups excluding tert-OH is 1. The molecule has 0 aliphatic carbocycles. The van der Waals surface area contributed by atoms with Crippen LogP contribution < -0.4 is 43.8 Å². The summed E-state index contributed by atoms with van der Waals surface area (Å²) in [6, 6.07) is 3.55. The van der Waals surface area contributed by atoms with Crippen LogP contribution in [0, 0.1) is 5.92 Å². The molecule has 0 fully saturated rings. The molecule has 5 atom stereocenters. The third kappa shape index (κ3) is 16.4. The summed E-state index contributed by atoms with van der Waals surface area (Å²) in [5, 5.41) is 23.1. The first-order chi connectivity index (χ1) is 23.2. The molecule has 16 heteroatoms. The van der Waals surface area contributed by atoms with Gasteiger partial charge in [0.15, 0.2) is 11.7 Å². The maximum atomic E-state index is 13.6. The number of aliphatic hydroxyl groups is 1. The van der Waals surface area contributed by atoms with E-state index < -0.39 is 72.3 Å². The second kappa shape index (κ2) is 22.9. The Bertz CT molecular complexity index is 1260. The standard InChI is InChI=1S/C33H55N9O7/c1-5-27(45)25(18-22-12-7-6-8-13-22)40-31(48)26(19-43)41-32(49)28(20(2)3)42-30(47)24(15-11-17-37-33(35)36)39-29(46)23(38-21(4)44)14-9-10-16-34/h6-8,12-13,20,23-26,28,43H,5,9-11,14-19,34H2,1-4H3,(H,38,44)(H,39,46)(H,40,48)(H,41,49)(H,42,47)(H4,35,36,37)/t23-,24-,25-,26-,28-/m0/s1. The Morgan fingerprint density at radius 2 is 1.31 bits per heavy atom. The monoisotopic (exact) mass is 689 g/mol. The lowest BCUT2D eigenvalue weighted by Crippen LogP contribution is -2.60. The average molecular weight is 690 g/mol. The van der Waals surface area contributed by atoms with Crippen LogP contribution in [0.3, 0.4) is 0 Å². The highest BCUT2D eigenvalue weighted by atomic mass is 16.3. The largest absolute Gasteiger partial charge is 0.394 e. The molecular formula is C33H55N9O7. The first-order valence-electron chi connectivity index (χ1n) is 16.6. The summed E-state index contributed by atoms with van der Waals surface area (Å²) in [4.78, 5) is 81.8. The number of hydrogen-bond donors (Lipinski definition) is 9. The lowest BCUT2D eigenvalue weighted by atomic mass is 10.00. The number of hydrogen-bond acceptors (Lipinski definition) is 9. The van der Waals surface area contributed by atoms with E-state index in [0.717, 1.165) is 5.56 Å². The molecule has 0 aliphatic rings. The number of nitrogens with zero attached hydrogens (tertiary/aromatic N) is 1. The van der Waals surface area contributed by atoms with E-state index in [9.17, 15) is 33.9 Å². The maximum absolute atomic E-state index is 13.6. The zero-order chi connectivity index (χ0) is 36.9. The minimum atomic E-state index is -1.42. The highest BCUT2D eigenvalue weighted by Crippen LogP contribution is 2.09. The minimum Gasteiger partial charge on any atom is -0.394 e. The van der Waals surface area contributed by atoms with E-state index in [4.69, 9.17) is 17.2 Å². The summed E-state index contributed by atoms with van der Waals surface area (Å²) < 4.78 is 0. The fourth-order valence-corrected chi connectivity index (χ4v) is 4.91. The summed E-state index contributed by atoms with van der Waals surface area (Å²) in [5.41, 5.74) is 17.2. The summed E-state index contributed by atoms with van der Waals surface area (Å²) in [7, 11) is 0. The van der Waals surface area contributed by atoms with Gasteiger partial charge in [0.25, 0.3) is 0 Å². The van der Waals surface area contributed by atoms with Gasteiger partial charge in [0.05, 0.1) is 12.6 Å². The molecule has 0 bridgehead atoms. The molecule has 0 saturated carbocycles. The Morgan fingerprint density at radius 3 is 1.86 bits per heavy atom. The summed E-state index contributed by atoms with van der Waals surface area (Å²) >= 11 is 0. The van der Waals surface area contributed by atoms with Crippen LogP contribution in [0.2, 0.25) is 0 Å². The van der Waals surface area contributed by atoms with Gasteiger partial charge in [0, 0.05) is 19.9 Å². The number of unbranched alkanes of at least 4 members (excludes halogenated alkanes) is 1. The molecule has 0 radical (unpaired) electrons. The van der Waals surface area contributed by atoms with Crippen molar-refractivity contribution in [2.45, 2.75) is 103 Å². The van der Waals surface area contributed by atoms with Crippen LogP contribution in [0.5, 0.6) is 0 Å². The molecule has 0 spiro atoms. The van der Waals surface area contributed by atoms with Crippen LogP contribution in [-0.4, -0.2) is 96.3 Å². The van der Waals surface area contributed by atoms with E-state index in [1.807, 2.05) is 30.3 Å². The lowest BCUT2D eigenvalue weighted by Gasteiger charge is -2.28. The van der Waals surface area contributed by atoms with E-state index in [0.29, 0.717) is 32.2 Å². The summed E-state index contributed by atoms with van der Waals surface area (Å²) in [5.74, 6) is -4.09. The average Bonchev–Trinajstić information content (AvgIpc) is 3.05. The number of aliphatic imine (C=N–C) groups is 1. The molecule has 1 aromatic carbocycles. The smallest absolute Gasteiger partial charge is 0.245 e. The van der Waals surface area contributed by atoms with E-state index in [-0.39, 0.29) is 37.6 Å². The van der Waals surface area contributed by atoms with E-state index in [1.54, 1.807) is 20.8 Å². The van der Waals surface area contributed by atoms with Crippen molar-refractivity contribution in [3.05, 3.63) is 35.9 Å². The molecule has 0 unspecified atom stereocenters. The van der Waals surface area contributed by atoms with Gasteiger partial charge in [-0.3, -0.25) is 33.8 Å². The van der Waals surface area contributed by atoms with Crippen LogP contribution in [0.15, 0.2) is 35.3 Å². The van der Waals surface area contributed by atoms with Crippen molar-refractivity contribution in [1.29, 1.82) is 0 Å². The zero-order valence-corrected chi connectivity index (χ0v) is 29.0. The van der Waals surface area contributed by atoms with Crippen molar-refractivity contribution in [1.82, 2.24) is 26.6 Å². The predicted molar refractivity (Wildman–Crippen MR) is 186 cm³/mol. The number of nitrogens with two attached hydrogens (primary N) is 3. The Hall–Kier alpha value is -4.57. The van der Waals surface area contributed by atoms with Crippen LogP contribution in [-0.2, 0) is 35.2 Å². The number of nitrogens with one attached hydrogen (secondary N) is 5. The van der Waals surface area contributed by atoms with E-state index >= 15 is 0 Å². The molecule has 12 N–H and O–H groups in total. The van der Waals surface area contributed by atoms with Crippen molar-refractivity contribution in [2.75, 3.05) is 19.7 Å². The highest BCUT2D eigenvalue weighted by molar-refractivity contribution is 5.96. The highest BCUT2D eigenvalue weighted by Gasteiger charge is 2.33. The Balaban J connectivity index is 3.12. The number of carbonyl (C=O) groups is 6. The van der Waals surface area contributed by atoms with Gasteiger partial charge in [0.1, 0.15) is 24.2 Å². The maximum Gasteiger partial charge on any atom is 0.245 e. The zero-order valence-electron chi connectivity index (χ0n) is 29.0. The summed E-state index contributed by atoms with van der Waals surface area (Å²) in [6.07, 6.45) is 2.26. The quantitative estimate of drug-likeness (QED) is 0.0364. The molecule has 1 rings (SSSR count). The predicted octanol–water partition coefficient (Wildman–Crippen LogP) is -1.52. The minimum absolute atomic E-state index is 0.0896. The topological polar surface area (TPSA) is 273 Å². The molecular weight excluding hydrogens is 634 g/mol. The number of ketones is 1. The SMILES string of the molecule is CCC(=O)[C@H](Cc1ccccc1)NC(=O)[C@H](CO)NC(=O)[C@@H](NC(=O)[C@H](CCCN=C(N)N)NC(=O)[C@H](CCCCN)NC(C)=O)C(C)C. The number of carbonyl (C=O) groups excluding carboxylic acids is 6. The van der Waals surface area contributed by atoms with Crippen molar-refractivity contribution < 1.29 is 33.9 Å². The van der Waals surface area contributed by atoms with Crippen molar-refractivity contribution in [3.8, 4) is 0 Å². The second-order valence-electron chi connectivity index (χ2n) is 12.1. The normalized spacial score (nSPS) is 13.9. The molecule has 274 valence electrons. The van der Waals surface area contributed by atoms with Gasteiger partial charge in [-0.2, -0.15) is 0 Å². The molecule has 0 aromatic heterocycles. The van der Waals surface area contributed by atoms with Gasteiger partial charge in [-0.25, -0.2) is 0 Å². The van der Waals surface area contributed by atoms with Crippen molar-refractivity contribution in [3.63, 3.8) is 0 Å². The first-order valence-corrected chi connectivity index (χ1v) is 16.6. The van der Waals surface area contributed by atoms with Crippen molar-refractivity contribution >= 4 is 41.3 Å². The number of guanidine groups is 1. The molecule has 16 nitrogen and oxygen atoms in total. The van der Waals surface area contributed by atoms with Gasteiger partial charge >= 0.3 is 0 Å². The first kappa shape index (κ1) is 42.5. The van der Waals surface area contributed by atoms with Gasteiger partial charge < -0.3 is 48.9 Å². The molecule has 0 aliphatic heterocycles. The van der Waals surface area contributed by atoms with E-state index in [1.165, 1.54) is 6.92 Å². The van der Waals surface area contributed by atoms with Crippen LogP contribution in [0.1, 0.15) is 71.8 Å². The molecule has 1 aromatic rings.